The van der Waals surface area contributed by atoms with Gasteiger partial charge in [-0.25, -0.2) is 0 Å². The van der Waals surface area contributed by atoms with Crippen molar-refractivity contribution < 1.29 is 9.15 Å². The number of aromatic nitrogens is 2. The van der Waals surface area contributed by atoms with Crippen molar-refractivity contribution in [3.63, 3.8) is 0 Å². The third kappa shape index (κ3) is 3.11. The van der Waals surface area contributed by atoms with E-state index in [1.54, 1.807) is 7.11 Å². The molecule has 1 aliphatic carbocycles. The maximum absolute atomic E-state index is 6.54. The number of likely N-dealkylation sites (N-methyl/N-ethyl adjacent to an activating group) is 1. The van der Waals surface area contributed by atoms with Crippen molar-refractivity contribution >= 4 is 17.3 Å². The van der Waals surface area contributed by atoms with Crippen molar-refractivity contribution in [2.45, 2.75) is 52.0 Å². The van der Waals surface area contributed by atoms with Crippen molar-refractivity contribution in [3.8, 4) is 17.0 Å². The highest BCUT2D eigenvalue weighted by Gasteiger charge is 2.47. The van der Waals surface area contributed by atoms with Gasteiger partial charge in [0.2, 0.25) is 5.71 Å². The second-order valence-electron chi connectivity index (χ2n) is 7.96. The van der Waals surface area contributed by atoms with Crippen LogP contribution in [0, 0.1) is 13.8 Å². The predicted octanol–water partition coefficient (Wildman–Crippen LogP) is 5.29. The smallest absolute Gasteiger partial charge is 0.225 e. The minimum atomic E-state index is 0.253. The fourth-order valence-electron chi connectivity index (χ4n) is 4.20. The Bertz CT molecular complexity index is 1020. The number of hydrogen-bond donors (Lipinski definition) is 0. The Morgan fingerprint density at radius 1 is 1.32 bits per heavy atom. The first kappa shape index (κ1) is 19.3. The average molecular weight is 402 g/mol. The number of halogens is 1. The molecule has 150 valence electrons. The zero-order chi connectivity index (χ0) is 20.1. The summed E-state index contributed by atoms with van der Waals surface area (Å²) in [6.45, 7) is 7.40. The quantitative estimate of drug-likeness (QED) is 0.539. The number of fused-ring (bicyclic) bond motifs is 1. The Kier molecular flexibility index (Phi) is 4.92. The van der Waals surface area contributed by atoms with Gasteiger partial charge < -0.3 is 14.1 Å². The normalized spacial score (nSPS) is 15.5. The summed E-state index contributed by atoms with van der Waals surface area (Å²) >= 11 is 6.54. The Morgan fingerprint density at radius 3 is 2.68 bits per heavy atom. The van der Waals surface area contributed by atoms with Gasteiger partial charge in [-0.3, -0.25) is 0 Å². The van der Waals surface area contributed by atoms with E-state index in [9.17, 15) is 0 Å². The van der Waals surface area contributed by atoms with Crippen LogP contribution in [0.4, 0.5) is 0 Å². The van der Waals surface area contributed by atoms with E-state index in [0.29, 0.717) is 5.02 Å². The van der Waals surface area contributed by atoms with Gasteiger partial charge in [-0.2, -0.15) is 9.61 Å². The molecule has 0 unspecified atom stereocenters. The molecule has 0 N–H and O–H groups in total. The fraction of sp³-hybridized carbons (Fsp3) is 0.500. The molecule has 0 atom stereocenters. The minimum Gasteiger partial charge on any atom is -0.497 e. The summed E-state index contributed by atoms with van der Waals surface area (Å²) in [5, 5.41) is 5.45. The van der Waals surface area contributed by atoms with Crippen LogP contribution in [0.5, 0.6) is 5.75 Å². The molecular formula is C22H28ClN3O2. The van der Waals surface area contributed by atoms with E-state index in [1.807, 2.05) is 29.6 Å². The maximum Gasteiger partial charge on any atom is 0.225 e. The van der Waals surface area contributed by atoms with Gasteiger partial charge >= 0.3 is 0 Å². The summed E-state index contributed by atoms with van der Waals surface area (Å²) in [5.41, 5.74) is 5.14. The largest absolute Gasteiger partial charge is 0.497 e. The molecule has 2 heterocycles. The van der Waals surface area contributed by atoms with Crippen LogP contribution in [0.1, 0.15) is 43.2 Å². The summed E-state index contributed by atoms with van der Waals surface area (Å²) in [6, 6.07) is 5.70. The molecule has 2 aromatic heterocycles. The van der Waals surface area contributed by atoms with Crippen LogP contribution >= 0.6 is 11.6 Å². The van der Waals surface area contributed by atoms with Crippen LogP contribution in [-0.4, -0.2) is 40.8 Å². The first-order valence-electron chi connectivity index (χ1n) is 9.93. The maximum atomic E-state index is 6.54. The summed E-state index contributed by atoms with van der Waals surface area (Å²) < 4.78 is 13.4. The van der Waals surface area contributed by atoms with Gasteiger partial charge in [-0.15, -0.1) is 0 Å². The molecule has 1 aliphatic rings. The molecule has 0 amide bonds. The molecule has 0 spiro atoms. The first-order chi connectivity index (χ1) is 13.4. The number of nitrogens with zero attached hydrogens (tertiary/aromatic N) is 3. The van der Waals surface area contributed by atoms with E-state index in [4.69, 9.17) is 25.9 Å². The number of benzene rings is 1. The molecule has 0 saturated heterocycles. The summed E-state index contributed by atoms with van der Waals surface area (Å²) in [5.74, 6) is 1.56. The molecule has 28 heavy (non-hydrogen) atoms. The van der Waals surface area contributed by atoms with Gasteiger partial charge in [0.15, 0.2) is 0 Å². The van der Waals surface area contributed by atoms with Crippen molar-refractivity contribution in [3.05, 3.63) is 40.2 Å². The number of ether oxygens (including phenoxy) is 1. The molecule has 1 fully saturated rings. The predicted molar refractivity (Wildman–Crippen MR) is 113 cm³/mol. The highest BCUT2D eigenvalue weighted by molar-refractivity contribution is 6.33. The van der Waals surface area contributed by atoms with Crippen LogP contribution in [0.25, 0.3) is 17.0 Å². The van der Waals surface area contributed by atoms with Gasteiger partial charge in [-0.1, -0.05) is 18.5 Å². The summed E-state index contributed by atoms with van der Waals surface area (Å²) in [6.07, 6.45) is 4.61. The lowest BCUT2D eigenvalue weighted by atomic mass is 10.0. The second-order valence-corrected chi connectivity index (χ2v) is 8.36. The molecule has 3 aromatic rings. The second kappa shape index (κ2) is 7.12. The van der Waals surface area contributed by atoms with Crippen LogP contribution in [0.15, 0.2) is 22.6 Å². The number of methoxy groups -OCH3 is 1. The zero-order valence-electron chi connectivity index (χ0n) is 17.3. The number of rotatable bonds is 7. The Labute approximate surface area is 171 Å². The van der Waals surface area contributed by atoms with Crippen molar-refractivity contribution in [2.75, 3.05) is 20.7 Å². The molecular weight excluding hydrogens is 374 g/mol. The average Bonchev–Trinajstić information content (AvgIpc) is 3.32. The monoisotopic (exact) mass is 401 g/mol. The molecule has 0 radical (unpaired) electrons. The number of hydrogen-bond acceptors (Lipinski definition) is 4. The lowest BCUT2D eigenvalue weighted by molar-refractivity contribution is 0.220. The van der Waals surface area contributed by atoms with E-state index in [1.165, 1.54) is 24.8 Å². The van der Waals surface area contributed by atoms with Crippen LogP contribution < -0.4 is 4.74 Å². The highest BCUT2D eigenvalue weighted by Crippen LogP contribution is 2.45. The van der Waals surface area contributed by atoms with E-state index in [0.717, 1.165) is 47.1 Å². The molecule has 6 heteroatoms. The van der Waals surface area contributed by atoms with Crippen LogP contribution in [-0.2, 0) is 6.42 Å². The van der Waals surface area contributed by atoms with Crippen molar-refractivity contribution in [2.24, 2.45) is 0 Å². The van der Waals surface area contributed by atoms with E-state index in [2.05, 4.69) is 25.8 Å². The Morgan fingerprint density at radius 2 is 2.07 bits per heavy atom. The molecule has 4 rings (SSSR count). The van der Waals surface area contributed by atoms with Crippen LogP contribution in [0.2, 0.25) is 5.02 Å². The SMILES string of the molecule is CCCN(C)C1(Cc2c(C)nn3c(-c4ccc(OC)cc4Cl)c(C)oc23)CC1. The lowest BCUT2D eigenvalue weighted by Gasteiger charge is -2.27. The third-order valence-electron chi connectivity index (χ3n) is 6.07. The Balaban J connectivity index is 1.77. The van der Waals surface area contributed by atoms with Gasteiger partial charge in [-0.05, 0) is 71.3 Å². The van der Waals surface area contributed by atoms with Gasteiger partial charge in [0.1, 0.15) is 17.2 Å². The van der Waals surface area contributed by atoms with Crippen molar-refractivity contribution in [1.82, 2.24) is 14.5 Å². The van der Waals surface area contributed by atoms with E-state index >= 15 is 0 Å². The van der Waals surface area contributed by atoms with E-state index in [-0.39, 0.29) is 5.54 Å². The van der Waals surface area contributed by atoms with Gasteiger partial charge in [0.25, 0.3) is 0 Å². The van der Waals surface area contributed by atoms with Crippen LogP contribution in [0.3, 0.4) is 0 Å². The van der Waals surface area contributed by atoms with Gasteiger partial charge in [0, 0.05) is 16.7 Å². The standard InChI is InChI=1S/C22H28ClN3O2/c1-6-11-25(4)22(9-10-22)13-18-14(2)24-26-20(15(3)28-21(18)26)17-8-7-16(27-5)12-19(17)23/h7-8,12H,6,9-11,13H2,1-5H3. The van der Waals surface area contributed by atoms with Crippen molar-refractivity contribution in [1.29, 1.82) is 0 Å². The lowest BCUT2D eigenvalue weighted by Crippen LogP contribution is -2.36. The third-order valence-corrected chi connectivity index (χ3v) is 6.38. The molecule has 1 aromatic carbocycles. The number of oxazole rings is 1. The zero-order valence-corrected chi connectivity index (χ0v) is 18.1. The molecule has 5 nitrogen and oxygen atoms in total. The molecule has 0 bridgehead atoms. The minimum absolute atomic E-state index is 0.253. The molecule has 1 saturated carbocycles. The number of aryl methyl sites for hydroxylation is 2. The summed E-state index contributed by atoms with van der Waals surface area (Å²) in [4.78, 5) is 2.51. The summed E-state index contributed by atoms with van der Waals surface area (Å²) in [7, 11) is 3.88. The van der Waals surface area contributed by atoms with Gasteiger partial charge in [0.05, 0.1) is 17.8 Å². The molecule has 0 aliphatic heterocycles. The fourth-order valence-corrected chi connectivity index (χ4v) is 4.46. The highest BCUT2D eigenvalue weighted by atomic mass is 35.5. The Hall–Kier alpha value is -1.98. The topological polar surface area (TPSA) is 42.9 Å². The van der Waals surface area contributed by atoms with E-state index < -0.39 is 0 Å². The first-order valence-corrected chi connectivity index (χ1v) is 10.3.